The number of hydrogen-bond donors (Lipinski definition) is 3. The summed E-state index contributed by atoms with van der Waals surface area (Å²) >= 11 is 0. The summed E-state index contributed by atoms with van der Waals surface area (Å²) in [7, 11) is 4.29. The van der Waals surface area contributed by atoms with Gasteiger partial charge in [0.25, 0.3) is 0 Å². The molecule has 0 spiro atoms. The number of hydrogen-bond acceptors (Lipinski definition) is 4. The van der Waals surface area contributed by atoms with Crippen LogP contribution in [0.4, 0.5) is 0 Å². The molecule has 0 aromatic carbocycles. The van der Waals surface area contributed by atoms with Gasteiger partial charge < -0.3 is 20.2 Å². The summed E-state index contributed by atoms with van der Waals surface area (Å²) < 4.78 is 0. The Hall–Kier alpha value is -0.160. The molecule has 4 heteroatoms. The van der Waals surface area contributed by atoms with Crippen LogP contribution >= 0.6 is 0 Å². The van der Waals surface area contributed by atoms with Crippen LogP contribution in [0.15, 0.2) is 0 Å². The van der Waals surface area contributed by atoms with Crippen molar-refractivity contribution >= 4 is 0 Å². The Labute approximate surface area is 184 Å². The molecular weight excluding hydrogens is 374 g/mol. The minimum atomic E-state index is -0.266. The lowest BCUT2D eigenvalue weighted by atomic mass is 9.43. The predicted molar refractivity (Wildman–Crippen MR) is 121 cm³/mol. The number of aliphatic hydroxyl groups excluding tert-OH is 3. The van der Waals surface area contributed by atoms with E-state index in [2.05, 4.69) is 39.8 Å². The van der Waals surface area contributed by atoms with Crippen molar-refractivity contribution in [3.63, 3.8) is 0 Å². The third-order valence-electron chi connectivity index (χ3n) is 10.8. The maximum absolute atomic E-state index is 11.6. The zero-order chi connectivity index (χ0) is 21.8. The highest BCUT2D eigenvalue weighted by molar-refractivity contribution is 5.14. The van der Waals surface area contributed by atoms with Crippen LogP contribution in [0.1, 0.15) is 78.6 Å². The third-order valence-corrected chi connectivity index (χ3v) is 10.8. The van der Waals surface area contributed by atoms with Gasteiger partial charge in [0.1, 0.15) is 0 Å². The highest BCUT2D eigenvalue weighted by Crippen LogP contribution is 2.68. The topological polar surface area (TPSA) is 63.9 Å². The lowest BCUT2D eigenvalue weighted by molar-refractivity contribution is -0.207. The number of aliphatic hydroxyl groups is 3. The van der Waals surface area contributed by atoms with Crippen molar-refractivity contribution < 1.29 is 15.3 Å². The largest absolute Gasteiger partial charge is 0.393 e. The molecule has 0 unspecified atom stereocenters. The molecular formula is C26H47NO3. The first-order valence-corrected chi connectivity index (χ1v) is 12.8. The van der Waals surface area contributed by atoms with Crippen LogP contribution in [0.25, 0.3) is 0 Å². The molecule has 4 aliphatic carbocycles. The average molecular weight is 422 g/mol. The van der Waals surface area contributed by atoms with E-state index in [0.717, 1.165) is 45.1 Å². The molecule has 0 radical (unpaired) electrons. The second-order valence-electron chi connectivity index (χ2n) is 12.4. The molecule has 4 aliphatic rings. The Morgan fingerprint density at radius 1 is 0.967 bits per heavy atom. The van der Waals surface area contributed by atoms with E-state index in [1.54, 1.807) is 0 Å². The molecule has 3 N–H and O–H groups in total. The van der Waals surface area contributed by atoms with Gasteiger partial charge in [-0.3, -0.25) is 0 Å². The molecule has 4 rings (SSSR count). The molecule has 0 saturated heterocycles. The van der Waals surface area contributed by atoms with Crippen molar-refractivity contribution in [2.45, 2.75) is 96.9 Å². The van der Waals surface area contributed by atoms with E-state index in [4.69, 9.17) is 0 Å². The Morgan fingerprint density at radius 2 is 1.70 bits per heavy atom. The van der Waals surface area contributed by atoms with Gasteiger partial charge in [-0.1, -0.05) is 20.8 Å². The van der Waals surface area contributed by atoms with E-state index in [1.807, 2.05) is 0 Å². The van der Waals surface area contributed by atoms with Gasteiger partial charge in [-0.05, 0) is 125 Å². The maximum Gasteiger partial charge on any atom is 0.0602 e. The summed E-state index contributed by atoms with van der Waals surface area (Å²) in [6.07, 6.45) is 8.55. The van der Waals surface area contributed by atoms with Crippen molar-refractivity contribution in [3.8, 4) is 0 Å². The molecule has 0 aromatic heterocycles. The summed E-state index contributed by atoms with van der Waals surface area (Å²) in [5.41, 5.74) is 0.109. The first-order chi connectivity index (χ1) is 14.1. The van der Waals surface area contributed by atoms with Gasteiger partial charge >= 0.3 is 0 Å². The van der Waals surface area contributed by atoms with Crippen molar-refractivity contribution in [3.05, 3.63) is 0 Å². The first-order valence-electron chi connectivity index (χ1n) is 12.8. The van der Waals surface area contributed by atoms with Crippen molar-refractivity contribution in [1.82, 2.24) is 4.90 Å². The fraction of sp³-hybridized carbons (Fsp3) is 1.00. The molecule has 0 amide bonds. The zero-order valence-electron chi connectivity index (χ0n) is 20.1. The van der Waals surface area contributed by atoms with E-state index < -0.39 is 0 Å². The second kappa shape index (κ2) is 8.32. The quantitative estimate of drug-likeness (QED) is 0.629. The van der Waals surface area contributed by atoms with E-state index in [0.29, 0.717) is 35.5 Å². The highest BCUT2D eigenvalue weighted by Gasteiger charge is 2.65. The smallest absolute Gasteiger partial charge is 0.0602 e. The molecule has 4 nitrogen and oxygen atoms in total. The summed E-state index contributed by atoms with van der Waals surface area (Å²) in [6.45, 7) is 8.32. The fourth-order valence-corrected chi connectivity index (χ4v) is 9.06. The van der Waals surface area contributed by atoms with Gasteiger partial charge in [-0.2, -0.15) is 0 Å². The minimum absolute atomic E-state index is 0.0585. The Bertz CT molecular complexity index is 611. The van der Waals surface area contributed by atoms with Crippen molar-refractivity contribution in [2.24, 2.45) is 46.3 Å². The summed E-state index contributed by atoms with van der Waals surface area (Å²) in [5, 5.41) is 33.2. The van der Waals surface area contributed by atoms with Gasteiger partial charge in [-0.15, -0.1) is 0 Å². The number of fused-ring (bicyclic) bond motifs is 5. The standard InChI is InChI=1S/C26H47NO3/c1-16(7-6-12-27(4)5)19-8-9-20-24-21(15-23(30)26(19,20)3)25(2)11-10-18(28)13-17(25)14-22(24)29/h16-24,28-30H,6-15H2,1-5H3/t16-,17+,18-,19-,20+,21+,22+,23+,24+,25+,26-/m1/s1. The van der Waals surface area contributed by atoms with Crippen LogP contribution in [0.3, 0.4) is 0 Å². The molecule has 11 atom stereocenters. The summed E-state index contributed by atoms with van der Waals surface area (Å²) in [5.74, 6) is 2.75. The van der Waals surface area contributed by atoms with E-state index in [9.17, 15) is 15.3 Å². The van der Waals surface area contributed by atoms with Crippen LogP contribution in [0.5, 0.6) is 0 Å². The van der Waals surface area contributed by atoms with Gasteiger partial charge in [0, 0.05) is 0 Å². The second-order valence-corrected chi connectivity index (χ2v) is 12.4. The summed E-state index contributed by atoms with van der Waals surface area (Å²) in [6, 6.07) is 0. The first kappa shape index (κ1) is 23.0. The van der Waals surface area contributed by atoms with Crippen LogP contribution in [0.2, 0.25) is 0 Å². The highest BCUT2D eigenvalue weighted by atomic mass is 16.3. The fourth-order valence-electron chi connectivity index (χ4n) is 9.06. The number of nitrogens with zero attached hydrogens (tertiary/aromatic N) is 1. The molecule has 0 aromatic rings. The Morgan fingerprint density at radius 3 is 2.40 bits per heavy atom. The predicted octanol–water partition coefficient (Wildman–Crippen LogP) is 3.93. The Balaban J connectivity index is 1.56. The third kappa shape index (κ3) is 3.58. The number of rotatable bonds is 5. The van der Waals surface area contributed by atoms with E-state index >= 15 is 0 Å². The molecule has 4 saturated carbocycles. The zero-order valence-corrected chi connectivity index (χ0v) is 20.1. The van der Waals surface area contributed by atoms with Crippen LogP contribution in [-0.2, 0) is 0 Å². The molecule has 0 heterocycles. The van der Waals surface area contributed by atoms with Gasteiger partial charge in [0.05, 0.1) is 18.3 Å². The van der Waals surface area contributed by atoms with Crippen molar-refractivity contribution in [2.75, 3.05) is 20.6 Å². The Kier molecular flexibility index (Phi) is 6.38. The lowest BCUT2D eigenvalue weighted by Gasteiger charge is -2.63. The lowest BCUT2D eigenvalue weighted by Crippen LogP contribution is -2.62. The molecule has 174 valence electrons. The average Bonchev–Trinajstić information content (AvgIpc) is 3.02. The normalized spacial score (nSPS) is 51.9. The van der Waals surface area contributed by atoms with Gasteiger partial charge in [0.2, 0.25) is 0 Å². The molecule has 0 bridgehead atoms. The van der Waals surface area contributed by atoms with Crippen LogP contribution in [0, 0.1) is 46.3 Å². The van der Waals surface area contributed by atoms with E-state index in [1.165, 1.54) is 19.3 Å². The maximum atomic E-state index is 11.6. The van der Waals surface area contributed by atoms with Crippen LogP contribution < -0.4 is 0 Å². The van der Waals surface area contributed by atoms with Crippen LogP contribution in [-0.4, -0.2) is 59.2 Å². The van der Waals surface area contributed by atoms with Crippen molar-refractivity contribution in [1.29, 1.82) is 0 Å². The minimum Gasteiger partial charge on any atom is -0.393 e. The van der Waals surface area contributed by atoms with E-state index in [-0.39, 0.29) is 29.1 Å². The SMILES string of the molecule is C[C@H](CCCN(C)C)[C@H]1CC[C@H]2[C@@H]3[C@@H](O)C[C@@H]4C[C@H](O)CC[C@]4(C)[C@H]3C[C@H](O)[C@]12C. The molecule has 4 fully saturated rings. The van der Waals surface area contributed by atoms with Gasteiger partial charge in [-0.25, -0.2) is 0 Å². The molecule has 30 heavy (non-hydrogen) atoms. The summed E-state index contributed by atoms with van der Waals surface area (Å²) in [4.78, 5) is 2.27. The van der Waals surface area contributed by atoms with Gasteiger partial charge in [0.15, 0.2) is 0 Å². The molecule has 0 aliphatic heterocycles. The monoisotopic (exact) mass is 421 g/mol.